The number of carbonyl (C=O) groups excluding carboxylic acids is 3. The van der Waals surface area contributed by atoms with Crippen LogP contribution in [0.15, 0.2) is 24.3 Å². The van der Waals surface area contributed by atoms with E-state index in [1.54, 1.807) is 24.3 Å². The molecule has 26 heavy (non-hydrogen) atoms. The molecule has 0 spiro atoms. The first-order valence-electron chi connectivity index (χ1n) is 9.50. The first kappa shape index (κ1) is 18.4. The minimum absolute atomic E-state index is 0.0179. The summed E-state index contributed by atoms with van der Waals surface area (Å²) in [6.45, 7) is 3.25. The quantitative estimate of drug-likeness (QED) is 0.869. The van der Waals surface area contributed by atoms with Crippen LogP contribution in [0, 0.1) is 11.8 Å². The molecule has 6 nitrogen and oxygen atoms in total. The zero-order valence-corrected chi connectivity index (χ0v) is 15.3. The number of rotatable bonds is 4. The van der Waals surface area contributed by atoms with Crippen molar-refractivity contribution in [1.82, 2.24) is 4.90 Å². The topological polar surface area (TPSA) is 78.5 Å². The molecule has 0 radical (unpaired) electrons. The average molecular weight is 357 g/mol. The summed E-state index contributed by atoms with van der Waals surface area (Å²) >= 11 is 0. The predicted molar refractivity (Wildman–Crippen MR) is 101 cm³/mol. The van der Waals surface area contributed by atoms with Crippen LogP contribution in [-0.2, 0) is 14.4 Å². The Morgan fingerprint density at radius 1 is 0.846 bits per heavy atom. The minimum atomic E-state index is -0.123. The maximum atomic E-state index is 12.5. The minimum Gasteiger partial charge on any atom is -0.342 e. The zero-order chi connectivity index (χ0) is 18.5. The van der Waals surface area contributed by atoms with Gasteiger partial charge in [0.05, 0.1) is 0 Å². The molecule has 0 atom stereocenters. The number of anilines is 2. The molecule has 2 aliphatic rings. The van der Waals surface area contributed by atoms with E-state index in [4.69, 9.17) is 0 Å². The Labute approximate surface area is 154 Å². The Morgan fingerprint density at radius 3 is 1.88 bits per heavy atom. The number of nitrogens with zero attached hydrogens (tertiary/aromatic N) is 1. The first-order valence-corrected chi connectivity index (χ1v) is 9.50. The largest absolute Gasteiger partial charge is 0.342 e. The maximum absolute atomic E-state index is 12.5. The van der Waals surface area contributed by atoms with Crippen molar-refractivity contribution >= 4 is 29.1 Å². The lowest BCUT2D eigenvalue weighted by atomic mass is 9.81. The highest BCUT2D eigenvalue weighted by molar-refractivity contribution is 5.93. The van der Waals surface area contributed by atoms with Crippen LogP contribution in [0.3, 0.4) is 0 Å². The van der Waals surface area contributed by atoms with Gasteiger partial charge in [-0.1, -0.05) is 0 Å². The van der Waals surface area contributed by atoms with E-state index < -0.39 is 0 Å². The molecule has 3 rings (SSSR count). The van der Waals surface area contributed by atoms with Crippen LogP contribution in [0.1, 0.15) is 45.4 Å². The van der Waals surface area contributed by atoms with Crippen LogP contribution >= 0.6 is 0 Å². The van der Waals surface area contributed by atoms with E-state index in [0.717, 1.165) is 57.3 Å². The van der Waals surface area contributed by atoms with Crippen molar-refractivity contribution in [1.29, 1.82) is 0 Å². The fraction of sp³-hybridized carbons (Fsp3) is 0.550. The van der Waals surface area contributed by atoms with Crippen LogP contribution in [-0.4, -0.2) is 35.7 Å². The molecule has 1 aromatic carbocycles. The first-order chi connectivity index (χ1) is 12.5. The second-order valence-electron chi connectivity index (χ2n) is 7.33. The van der Waals surface area contributed by atoms with E-state index in [1.807, 2.05) is 4.90 Å². The Morgan fingerprint density at radius 2 is 1.35 bits per heavy atom. The van der Waals surface area contributed by atoms with E-state index in [2.05, 4.69) is 10.6 Å². The Balaban J connectivity index is 1.47. The van der Waals surface area contributed by atoms with Crippen LogP contribution in [0.5, 0.6) is 0 Å². The lowest BCUT2D eigenvalue weighted by Gasteiger charge is -2.29. The van der Waals surface area contributed by atoms with Crippen molar-refractivity contribution in [2.75, 3.05) is 23.7 Å². The lowest BCUT2D eigenvalue weighted by molar-refractivity contribution is -0.136. The molecule has 1 heterocycles. The molecule has 140 valence electrons. The van der Waals surface area contributed by atoms with E-state index in [1.165, 1.54) is 6.92 Å². The molecular weight excluding hydrogens is 330 g/mol. The summed E-state index contributed by atoms with van der Waals surface area (Å²) in [6.07, 6.45) is 5.36. The second kappa shape index (κ2) is 8.34. The average Bonchev–Trinajstić information content (AvgIpc) is 3.17. The van der Waals surface area contributed by atoms with Crippen molar-refractivity contribution in [3.63, 3.8) is 0 Å². The Kier molecular flexibility index (Phi) is 5.91. The van der Waals surface area contributed by atoms with Crippen molar-refractivity contribution in [2.24, 2.45) is 11.8 Å². The third-order valence-electron chi connectivity index (χ3n) is 5.34. The second-order valence-corrected chi connectivity index (χ2v) is 7.33. The molecule has 6 heteroatoms. The standard InChI is InChI=1S/C20H27N3O3/c1-14(24)21-17-8-10-18(11-9-17)22-19(25)15-4-6-16(7-5-15)20(26)23-12-2-3-13-23/h8-11,15-16H,2-7,12-13H2,1H3,(H,21,24)(H,22,25). The number of nitrogens with one attached hydrogen (secondary N) is 2. The van der Waals surface area contributed by atoms with E-state index in [-0.39, 0.29) is 29.6 Å². The van der Waals surface area contributed by atoms with Gasteiger partial charge in [0.2, 0.25) is 17.7 Å². The molecule has 2 N–H and O–H groups in total. The van der Waals surface area contributed by atoms with Crippen molar-refractivity contribution in [3.05, 3.63) is 24.3 Å². The Hall–Kier alpha value is -2.37. The highest BCUT2D eigenvalue weighted by Gasteiger charge is 2.32. The molecule has 1 aromatic rings. The van der Waals surface area contributed by atoms with Gasteiger partial charge in [-0.2, -0.15) is 0 Å². The molecule has 1 saturated heterocycles. The summed E-state index contributed by atoms with van der Waals surface area (Å²) in [5.74, 6) is 0.239. The highest BCUT2D eigenvalue weighted by atomic mass is 16.2. The van der Waals surface area contributed by atoms with Crippen LogP contribution < -0.4 is 10.6 Å². The number of likely N-dealkylation sites (tertiary alicyclic amines) is 1. The summed E-state index contributed by atoms with van der Waals surface area (Å²) in [4.78, 5) is 38.0. The van der Waals surface area contributed by atoms with Crippen LogP contribution in [0.2, 0.25) is 0 Å². The van der Waals surface area contributed by atoms with Crippen LogP contribution in [0.4, 0.5) is 11.4 Å². The third kappa shape index (κ3) is 4.62. The molecule has 1 aliphatic carbocycles. The molecule has 3 amide bonds. The van der Waals surface area contributed by atoms with Gasteiger partial charge in [-0.25, -0.2) is 0 Å². The Bertz CT molecular complexity index is 657. The summed E-state index contributed by atoms with van der Waals surface area (Å²) in [5.41, 5.74) is 1.43. The number of hydrogen-bond acceptors (Lipinski definition) is 3. The SMILES string of the molecule is CC(=O)Nc1ccc(NC(=O)C2CCC(C(=O)N3CCCC3)CC2)cc1. The van der Waals surface area contributed by atoms with Gasteiger partial charge >= 0.3 is 0 Å². The third-order valence-corrected chi connectivity index (χ3v) is 5.34. The van der Waals surface area contributed by atoms with Crippen molar-refractivity contribution in [3.8, 4) is 0 Å². The molecule has 0 bridgehead atoms. The van der Waals surface area contributed by atoms with Gasteiger partial charge in [0.1, 0.15) is 0 Å². The van der Waals surface area contributed by atoms with Gasteiger partial charge in [-0.05, 0) is 62.8 Å². The zero-order valence-electron chi connectivity index (χ0n) is 15.3. The smallest absolute Gasteiger partial charge is 0.227 e. The lowest BCUT2D eigenvalue weighted by Crippen LogP contribution is -2.37. The van der Waals surface area contributed by atoms with Crippen molar-refractivity contribution in [2.45, 2.75) is 45.4 Å². The van der Waals surface area contributed by atoms with Gasteiger partial charge < -0.3 is 15.5 Å². The van der Waals surface area contributed by atoms with Gasteiger partial charge in [-0.3, -0.25) is 14.4 Å². The summed E-state index contributed by atoms with van der Waals surface area (Å²) < 4.78 is 0. The summed E-state index contributed by atoms with van der Waals surface area (Å²) in [6, 6.07) is 7.10. The predicted octanol–water partition coefficient (Wildman–Crippen LogP) is 3.01. The molecule has 0 aromatic heterocycles. The number of hydrogen-bond donors (Lipinski definition) is 2. The number of carbonyl (C=O) groups is 3. The van der Waals surface area contributed by atoms with Gasteiger partial charge in [0.25, 0.3) is 0 Å². The van der Waals surface area contributed by atoms with Crippen LogP contribution in [0.25, 0.3) is 0 Å². The van der Waals surface area contributed by atoms with E-state index in [9.17, 15) is 14.4 Å². The normalized spacial score (nSPS) is 22.7. The highest BCUT2D eigenvalue weighted by Crippen LogP contribution is 2.31. The van der Waals surface area contributed by atoms with Crippen molar-refractivity contribution < 1.29 is 14.4 Å². The van der Waals surface area contributed by atoms with E-state index in [0.29, 0.717) is 5.69 Å². The maximum Gasteiger partial charge on any atom is 0.227 e. The number of amides is 3. The molecule has 2 fully saturated rings. The molecular formula is C20H27N3O3. The monoisotopic (exact) mass is 357 g/mol. The molecule has 1 aliphatic heterocycles. The fourth-order valence-corrected chi connectivity index (χ4v) is 3.88. The van der Waals surface area contributed by atoms with Gasteiger partial charge in [-0.15, -0.1) is 0 Å². The van der Waals surface area contributed by atoms with Gasteiger partial charge in [0.15, 0.2) is 0 Å². The number of benzene rings is 1. The van der Waals surface area contributed by atoms with Gasteiger partial charge in [0, 0.05) is 43.2 Å². The molecule has 1 saturated carbocycles. The molecule has 0 unspecified atom stereocenters. The summed E-state index contributed by atoms with van der Waals surface area (Å²) in [5, 5.41) is 5.64. The van der Waals surface area contributed by atoms with E-state index >= 15 is 0 Å². The summed E-state index contributed by atoms with van der Waals surface area (Å²) in [7, 11) is 0. The fourth-order valence-electron chi connectivity index (χ4n) is 3.88.